The van der Waals surface area contributed by atoms with E-state index in [-0.39, 0.29) is 11.9 Å². The number of nitriles is 1. The summed E-state index contributed by atoms with van der Waals surface area (Å²) in [6.07, 6.45) is 2.39. The van der Waals surface area contributed by atoms with Crippen LogP contribution in [0, 0.1) is 11.3 Å². The topological polar surface area (TPSA) is 94.0 Å². The molecule has 0 radical (unpaired) electrons. The molecule has 26 heavy (non-hydrogen) atoms. The second kappa shape index (κ2) is 8.17. The Kier molecular flexibility index (Phi) is 5.49. The maximum atomic E-state index is 12.5. The molecule has 2 aromatic rings. The number of nitrogens with zero attached hydrogens (tertiary/aromatic N) is 1. The Bertz CT molecular complexity index is 808. The first-order chi connectivity index (χ1) is 12.6. The summed E-state index contributed by atoms with van der Waals surface area (Å²) >= 11 is 0. The fraction of sp³-hybridized carbons (Fsp3) is 0.250. The molecule has 1 fully saturated rings. The normalized spacial score (nSPS) is 14.0. The van der Waals surface area contributed by atoms with Crippen molar-refractivity contribution in [3.05, 3.63) is 65.7 Å². The predicted molar refractivity (Wildman–Crippen MR) is 98.4 cm³/mol. The monoisotopic (exact) mass is 348 g/mol. The van der Waals surface area contributed by atoms with Crippen LogP contribution < -0.4 is 16.0 Å². The van der Waals surface area contributed by atoms with Crippen LogP contribution in [0.2, 0.25) is 0 Å². The Hall–Kier alpha value is -3.33. The van der Waals surface area contributed by atoms with Crippen molar-refractivity contribution in [2.75, 3.05) is 5.32 Å². The number of urea groups is 1. The molecule has 1 atom stereocenters. The van der Waals surface area contributed by atoms with Crippen LogP contribution in [0.1, 0.15) is 24.0 Å². The van der Waals surface area contributed by atoms with Crippen molar-refractivity contribution < 1.29 is 9.59 Å². The molecule has 0 aromatic heterocycles. The lowest BCUT2D eigenvalue weighted by molar-refractivity contribution is -0.123. The first-order valence-corrected chi connectivity index (χ1v) is 8.56. The summed E-state index contributed by atoms with van der Waals surface area (Å²) in [4.78, 5) is 24.8. The van der Waals surface area contributed by atoms with Gasteiger partial charge in [0.05, 0.1) is 11.6 Å². The molecule has 0 heterocycles. The minimum Gasteiger partial charge on any atom is -0.352 e. The quantitative estimate of drug-likeness (QED) is 0.749. The molecule has 6 heteroatoms. The zero-order chi connectivity index (χ0) is 18.4. The Morgan fingerprint density at radius 2 is 1.77 bits per heavy atom. The third kappa shape index (κ3) is 5.08. The molecular weight excluding hydrogens is 328 g/mol. The number of benzene rings is 2. The van der Waals surface area contributed by atoms with Crippen LogP contribution in [-0.2, 0) is 11.2 Å². The van der Waals surface area contributed by atoms with E-state index in [2.05, 4.69) is 16.0 Å². The van der Waals surface area contributed by atoms with E-state index in [1.807, 2.05) is 36.4 Å². The summed E-state index contributed by atoms with van der Waals surface area (Å²) < 4.78 is 0. The van der Waals surface area contributed by atoms with Gasteiger partial charge < -0.3 is 16.0 Å². The van der Waals surface area contributed by atoms with Crippen LogP contribution in [0.15, 0.2) is 54.6 Å². The van der Waals surface area contributed by atoms with Gasteiger partial charge in [0.15, 0.2) is 0 Å². The lowest BCUT2D eigenvalue weighted by Crippen LogP contribution is -2.49. The summed E-state index contributed by atoms with van der Waals surface area (Å²) in [7, 11) is 0. The molecule has 1 aliphatic rings. The zero-order valence-electron chi connectivity index (χ0n) is 14.2. The molecule has 0 aliphatic heterocycles. The lowest BCUT2D eigenvalue weighted by Gasteiger charge is -2.19. The van der Waals surface area contributed by atoms with Crippen LogP contribution in [0.3, 0.4) is 0 Å². The Morgan fingerprint density at radius 3 is 2.38 bits per heavy atom. The second-order valence-electron chi connectivity index (χ2n) is 6.31. The smallest absolute Gasteiger partial charge is 0.319 e. The van der Waals surface area contributed by atoms with Gasteiger partial charge >= 0.3 is 6.03 Å². The van der Waals surface area contributed by atoms with Crippen LogP contribution >= 0.6 is 0 Å². The first kappa shape index (κ1) is 17.5. The molecule has 6 nitrogen and oxygen atoms in total. The van der Waals surface area contributed by atoms with Crippen LogP contribution in [0.25, 0.3) is 0 Å². The molecule has 3 N–H and O–H groups in total. The fourth-order valence-electron chi connectivity index (χ4n) is 2.54. The molecule has 0 saturated heterocycles. The summed E-state index contributed by atoms with van der Waals surface area (Å²) in [5, 5.41) is 17.2. The molecule has 3 amide bonds. The number of amides is 3. The minimum atomic E-state index is -0.656. The maximum absolute atomic E-state index is 12.5. The van der Waals surface area contributed by atoms with Crippen molar-refractivity contribution in [2.45, 2.75) is 31.3 Å². The lowest BCUT2D eigenvalue weighted by atomic mass is 10.1. The number of anilines is 1. The summed E-state index contributed by atoms with van der Waals surface area (Å²) in [5.41, 5.74) is 2.05. The van der Waals surface area contributed by atoms with Crippen molar-refractivity contribution in [3.8, 4) is 6.07 Å². The summed E-state index contributed by atoms with van der Waals surface area (Å²) in [6, 6.07) is 17.3. The minimum absolute atomic E-state index is 0.175. The molecule has 1 saturated carbocycles. The number of rotatable bonds is 6. The highest BCUT2D eigenvalue weighted by molar-refractivity contribution is 5.94. The molecule has 0 spiro atoms. The van der Waals surface area contributed by atoms with Crippen molar-refractivity contribution in [3.63, 3.8) is 0 Å². The van der Waals surface area contributed by atoms with E-state index in [0.717, 1.165) is 18.4 Å². The number of carbonyl (C=O) groups excluding carboxylic acids is 2. The van der Waals surface area contributed by atoms with Crippen LogP contribution in [0.4, 0.5) is 10.5 Å². The molecule has 3 rings (SSSR count). The highest BCUT2D eigenvalue weighted by atomic mass is 16.2. The van der Waals surface area contributed by atoms with Gasteiger partial charge in [-0.1, -0.05) is 30.3 Å². The van der Waals surface area contributed by atoms with Crippen molar-refractivity contribution in [2.24, 2.45) is 0 Å². The predicted octanol–water partition coefficient (Wildman–Crippen LogP) is 2.57. The van der Waals surface area contributed by atoms with Gasteiger partial charge in [0.1, 0.15) is 6.04 Å². The number of carbonyl (C=O) groups is 2. The van der Waals surface area contributed by atoms with E-state index >= 15 is 0 Å². The van der Waals surface area contributed by atoms with Gasteiger partial charge in [-0.05, 0) is 42.7 Å². The van der Waals surface area contributed by atoms with Gasteiger partial charge in [0.2, 0.25) is 5.91 Å². The Balaban J connectivity index is 1.64. The SMILES string of the molecule is N#Cc1ccc(NC(=O)N[C@H](Cc2ccccc2)C(=O)NC2CC2)cc1. The van der Waals surface area contributed by atoms with Crippen molar-refractivity contribution in [1.82, 2.24) is 10.6 Å². The van der Waals surface area contributed by atoms with E-state index in [1.54, 1.807) is 24.3 Å². The average molecular weight is 348 g/mol. The van der Waals surface area contributed by atoms with Crippen LogP contribution in [0.5, 0.6) is 0 Å². The molecule has 0 bridgehead atoms. The van der Waals surface area contributed by atoms with Gasteiger partial charge in [-0.25, -0.2) is 4.79 Å². The third-order valence-corrected chi connectivity index (χ3v) is 4.10. The largest absolute Gasteiger partial charge is 0.352 e. The Morgan fingerprint density at radius 1 is 1.08 bits per heavy atom. The van der Waals surface area contributed by atoms with Crippen LogP contribution in [-0.4, -0.2) is 24.0 Å². The van der Waals surface area contributed by atoms with Gasteiger partial charge in [-0.2, -0.15) is 5.26 Å². The highest BCUT2D eigenvalue weighted by Crippen LogP contribution is 2.19. The average Bonchev–Trinajstić information content (AvgIpc) is 3.46. The summed E-state index contributed by atoms with van der Waals surface area (Å²) in [6.45, 7) is 0. The molecule has 2 aromatic carbocycles. The van der Waals surface area contributed by atoms with Gasteiger partial charge in [-0.3, -0.25) is 4.79 Å². The number of hydrogen-bond acceptors (Lipinski definition) is 3. The van der Waals surface area contributed by atoms with E-state index in [1.165, 1.54) is 0 Å². The summed E-state index contributed by atoms with van der Waals surface area (Å²) in [5.74, 6) is -0.175. The third-order valence-electron chi connectivity index (χ3n) is 4.10. The molecule has 0 unspecified atom stereocenters. The van der Waals surface area contributed by atoms with Crippen molar-refractivity contribution >= 4 is 17.6 Å². The Labute approximate surface area is 152 Å². The number of hydrogen-bond donors (Lipinski definition) is 3. The van der Waals surface area contributed by atoms with E-state index in [9.17, 15) is 9.59 Å². The maximum Gasteiger partial charge on any atom is 0.319 e. The van der Waals surface area contributed by atoms with E-state index in [0.29, 0.717) is 17.7 Å². The second-order valence-corrected chi connectivity index (χ2v) is 6.31. The van der Waals surface area contributed by atoms with E-state index < -0.39 is 12.1 Å². The van der Waals surface area contributed by atoms with Gasteiger partial charge in [0, 0.05) is 18.2 Å². The zero-order valence-corrected chi connectivity index (χ0v) is 14.2. The standard InChI is InChI=1S/C20H20N4O2/c21-13-15-6-8-17(9-7-15)23-20(26)24-18(19(25)22-16-10-11-16)12-14-4-2-1-3-5-14/h1-9,16,18H,10-12H2,(H,22,25)(H2,23,24,26)/t18-/m1/s1. The number of nitrogens with one attached hydrogen (secondary N) is 3. The highest BCUT2D eigenvalue weighted by Gasteiger charge is 2.28. The first-order valence-electron chi connectivity index (χ1n) is 8.56. The molecule has 1 aliphatic carbocycles. The fourth-order valence-corrected chi connectivity index (χ4v) is 2.54. The van der Waals surface area contributed by atoms with Gasteiger partial charge in [-0.15, -0.1) is 0 Å². The molecular formula is C20H20N4O2. The van der Waals surface area contributed by atoms with E-state index in [4.69, 9.17) is 5.26 Å². The molecule has 132 valence electrons. The van der Waals surface area contributed by atoms with Gasteiger partial charge in [0.25, 0.3) is 0 Å². The van der Waals surface area contributed by atoms with Crippen molar-refractivity contribution in [1.29, 1.82) is 5.26 Å².